The average Bonchev–Trinajstić information content (AvgIpc) is 2.34. The zero-order valence-corrected chi connectivity index (χ0v) is 13.3. The summed E-state index contributed by atoms with van der Waals surface area (Å²) in [7, 11) is 0. The Kier molecular flexibility index (Phi) is 6.38. The van der Waals surface area contributed by atoms with Gasteiger partial charge in [0.2, 0.25) is 0 Å². The maximum Gasteiger partial charge on any atom is 0.251 e. The van der Waals surface area contributed by atoms with Crippen LogP contribution in [0.1, 0.15) is 28.8 Å². The Morgan fingerprint density at radius 1 is 1.50 bits per heavy atom. The van der Waals surface area contributed by atoms with E-state index in [4.69, 9.17) is 0 Å². The minimum Gasteiger partial charge on any atom is -0.348 e. The molecule has 0 spiro atoms. The van der Waals surface area contributed by atoms with Gasteiger partial charge in [0.05, 0.1) is 0 Å². The monoisotopic (exact) mass is 380 g/mol. The molecule has 1 aromatic carbocycles. The molecule has 0 aliphatic carbocycles. The lowest BCUT2D eigenvalue weighted by Gasteiger charge is -2.24. The predicted octanol–water partition coefficient (Wildman–Crippen LogP) is 2.50. The topological polar surface area (TPSA) is 41.1 Å². The van der Waals surface area contributed by atoms with E-state index >= 15 is 0 Å². The van der Waals surface area contributed by atoms with Crippen molar-refractivity contribution in [3.8, 4) is 0 Å². The van der Waals surface area contributed by atoms with E-state index in [0.717, 1.165) is 40.6 Å². The summed E-state index contributed by atoms with van der Waals surface area (Å²) in [5, 5.41) is 6.40. The van der Waals surface area contributed by atoms with Crippen LogP contribution in [0.15, 0.2) is 18.2 Å². The van der Waals surface area contributed by atoms with Crippen molar-refractivity contribution in [2.24, 2.45) is 0 Å². The van der Waals surface area contributed by atoms with Crippen LogP contribution in [0.2, 0.25) is 0 Å². The minimum atomic E-state index is 0. The molecule has 1 amide bonds. The Morgan fingerprint density at radius 2 is 2.28 bits per heavy atom. The molecule has 1 aliphatic heterocycles. The summed E-state index contributed by atoms with van der Waals surface area (Å²) in [5.41, 5.74) is 1.86. The molecule has 0 saturated carbocycles. The Labute approximate surface area is 128 Å². The van der Waals surface area contributed by atoms with Crippen molar-refractivity contribution >= 4 is 40.9 Å². The molecule has 2 rings (SSSR count). The fourth-order valence-electron chi connectivity index (χ4n) is 2.09. The van der Waals surface area contributed by atoms with Crippen molar-refractivity contribution < 1.29 is 4.79 Å². The first kappa shape index (κ1) is 15.7. The predicted molar refractivity (Wildman–Crippen MR) is 84.5 cm³/mol. The third-order valence-electron chi connectivity index (χ3n) is 3.14. The maximum atomic E-state index is 12.1. The van der Waals surface area contributed by atoms with Gasteiger partial charge in [0.1, 0.15) is 0 Å². The molecule has 5 heteroatoms. The number of rotatable bonds is 2. The van der Waals surface area contributed by atoms with Gasteiger partial charge in [0, 0.05) is 21.7 Å². The smallest absolute Gasteiger partial charge is 0.251 e. The molecule has 1 fully saturated rings. The number of piperidine rings is 1. The van der Waals surface area contributed by atoms with Crippen LogP contribution in [0.3, 0.4) is 0 Å². The highest BCUT2D eigenvalue weighted by Crippen LogP contribution is 2.16. The molecule has 1 atom stereocenters. The molecule has 1 heterocycles. The summed E-state index contributed by atoms with van der Waals surface area (Å²) < 4.78 is 1.14. The molecule has 1 aliphatic rings. The zero-order chi connectivity index (χ0) is 12.3. The van der Waals surface area contributed by atoms with Crippen LogP contribution in [0.5, 0.6) is 0 Å². The number of carbonyl (C=O) groups excluding carboxylic acids is 1. The number of carbonyl (C=O) groups is 1. The second-order valence-corrected chi connectivity index (χ2v) is 5.59. The fraction of sp³-hybridized carbons (Fsp3) is 0.462. The normalized spacial score (nSPS) is 18.9. The van der Waals surface area contributed by atoms with Gasteiger partial charge in [0.25, 0.3) is 5.91 Å². The summed E-state index contributed by atoms with van der Waals surface area (Å²) in [6.07, 6.45) is 2.21. The van der Waals surface area contributed by atoms with Crippen molar-refractivity contribution in [3.05, 3.63) is 32.9 Å². The molecule has 1 unspecified atom stereocenters. The second kappa shape index (κ2) is 7.31. The quantitative estimate of drug-likeness (QED) is 0.774. The molecule has 1 saturated heterocycles. The van der Waals surface area contributed by atoms with Crippen molar-refractivity contribution in [2.45, 2.75) is 25.8 Å². The highest BCUT2D eigenvalue weighted by atomic mass is 127. The number of hydrogen-bond acceptors (Lipinski definition) is 2. The van der Waals surface area contributed by atoms with Gasteiger partial charge in [-0.15, -0.1) is 12.4 Å². The summed E-state index contributed by atoms with van der Waals surface area (Å²) in [5.74, 6) is 0.0507. The largest absolute Gasteiger partial charge is 0.348 e. The first-order valence-corrected chi connectivity index (χ1v) is 7.03. The van der Waals surface area contributed by atoms with Crippen LogP contribution in [0, 0.1) is 10.5 Å². The van der Waals surface area contributed by atoms with Gasteiger partial charge in [-0.05, 0) is 66.6 Å². The van der Waals surface area contributed by atoms with Crippen LogP contribution in [-0.4, -0.2) is 25.0 Å². The van der Waals surface area contributed by atoms with E-state index in [1.54, 1.807) is 0 Å². The lowest BCUT2D eigenvalue weighted by molar-refractivity contribution is 0.0930. The van der Waals surface area contributed by atoms with Crippen LogP contribution < -0.4 is 10.6 Å². The first-order chi connectivity index (χ1) is 8.18. The summed E-state index contributed by atoms with van der Waals surface area (Å²) in [6, 6.07) is 6.12. The SMILES string of the molecule is Cc1c(I)cccc1C(=O)NC1CCCNC1.Cl. The standard InChI is InChI=1S/C13H17IN2O.ClH/c1-9-11(5-2-6-12(9)14)13(17)16-10-4-3-7-15-8-10;/h2,5-6,10,15H,3-4,7-8H2,1H3,(H,16,17);1H. The van der Waals surface area contributed by atoms with Crippen LogP contribution in [0.25, 0.3) is 0 Å². The molecule has 1 aromatic rings. The Hall–Kier alpha value is -0.330. The van der Waals surface area contributed by atoms with E-state index in [1.807, 2.05) is 25.1 Å². The van der Waals surface area contributed by atoms with Gasteiger partial charge < -0.3 is 10.6 Å². The molecule has 3 nitrogen and oxygen atoms in total. The third kappa shape index (κ3) is 3.83. The third-order valence-corrected chi connectivity index (χ3v) is 4.31. The van der Waals surface area contributed by atoms with Crippen molar-refractivity contribution in [1.82, 2.24) is 10.6 Å². The number of nitrogens with one attached hydrogen (secondary N) is 2. The minimum absolute atomic E-state index is 0. The molecule has 2 N–H and O–H groups in total. The van der Waals surface area contributed by atoms with E-state index in [9.17, 15) is 4.79 Å². The Bertz CT molecular complexity index is 419. The van der Waals surface area contributed by atoms with Gasteiger partial charge in [-0.2, -0.15) is 0 Å². The van der Waals surface area contributed by atoms with Gasteiger partial charge >= 0.3 is 0 Å². The van der Waals surface area contributed by atoms with Gasteiger partial charge in [0.15, 0.2) is 0 Å². The number of amides is 1. The van der Waals surface area contributed by atoms with Crippen molar-refractivity contribution in [3.63, 3.8) is 0 Å². The van der Waals surface area contributed by atoms with Crippen LogP contribution in [-0.2, 0) is 0 Å². The van der Waals surface area contributed by atoms with Crippen molar-refractivity contribution in [2.75, 3.05) is 13.1 Å². The summed E-state index contributed by atoms with van der Waals surface area (Å²) in [6.45, 7) is 3.94. The van der Waals surface area contributed by atoms with Crippen molar-refractivity contribution in [1.29, 1.82) is 0 Å². The molecule has 0 aromatic heterocycles. The van der Waals surface area contributed by atoms with Crippen LogP contribution in [0.4, 0.5) is 0 Å². The molecule has 0 radical (unpaired) electrons. The van der Waals surface area contributed by atoms with Gasteiger partial charge in [-0.3, -0.25) is 4.79 Å². The fourth-order valence-corrected chi connectivity index (χ4v) is 2.59. The molecular formula is C13H18ClIN2O. The zero-order valence-electron chi connectivity index (χ0n) is 10.3. The first-order valence-electron chi connectivity index (χ1n) is 5.95. The van der Waals surface area contributed by atoms with E-state index in [0.29, 0.717) is 0 Å². The lowest BCUT2D eigenvalue weighted by Crippen LogP contribution is -2.45. The molecule has 100 valence electrons. The summed E-state index contributed by atoms with van der Waals surface area (Å²) >= 11 is 2.26. The van der Waals surface area contributed by atoms with E-state index in [1.165, 1.54) is 0 Å². The lowest BCUT2D eigenvalue weighted by atomic mass is 10.1. The second-order valence-electron chi connectivity index (χ2n) is 4.43. The highest BCUT2D eigenvalue weighted by molar-refractivity contribution is 14.1. The van der Waals surface area contributed by atoms with E-state index < -0.39 is 0 Å². The number of benzene rings is 1. The van der Waals surface area contributed by atoms with E-state index in [2.05, 4.69) is 33.2 Å². The molecule has 0 bridgehead atoms. The Morgan fingerprint density at radius 3 is 2.94 bits per heavy atom. The maximum absolute atomic E-state index is 12.1. The Balaban J connectivity index is 0.00000162. The van der Waals surface area contributed by atoms with Crippen LogP contribution >= 0.6 is 35.0 Å². The molecular weight excluding hydrogens is 363 g/mol. The van der Waals surface area contributed by atoms with Gasteiger partial charge in [-0.25, -0.2) is 0 Å². The molecule has 18 heavy (non-hydrogen) atoms. The average molecular weight is 381 g/mol. The number of halogens is 2. The van der Waals surface area contributed by atoms with Gasteiger partial charge in [-0.1, -0.05) is 6.07 Å². The number of hydrogen-bond donors (Lipinski definition) is 2. The summed E-state index contributed by atoms with van der Waals surface area (Å²) in [4.78, 5) is 12.1. The van der Waals surface area contributed by atoms with E-state index in [-0.39, 0.29) is 24.4 Å². The highest BCUT2D eigenvalue weighted by Gasteiger charge is 2.17.